The molecule has 0 unspecified atom stereocenters. The highest BCUT2D eigenvalue weighted by atomic mass is 32.2. The van der Waals surface area contributed by atoms with Crippen LogP contribution in [0.5, 0.6) is 0 Å². The number of fused-ring (bicyclic) bond motifs is 3. The van der Waals surface area contributed by atoms with E-state index in [0.29, 0.717) is 17.7 Å². The van der Waals surface area contributed by atoms with Gasteiger partial charge in [-0.05, 0) is 35.2 Å². The first-order chi connectivity index (χ1) is 15.7. The van der Waals surface area contributed by atoms with Gasteiger partial charge in [-0.15, -0.1) is 10.2 Å². The molecule has 32 heavy (non-hydrogen) atoms. The number of hydrogen-bond donors (Lipinski definition) is 0. The zero-order valence-corrected chi connectivity index (χ0v) is 18.3. The summed E-state index contributed by atoms with van der Waals surface area (Å²) in [5.41, 5.74) is 4.27. The maximum absolute atomic E-state index is 13.3. The summed E-state index contributed by atoms with van der Waals surface area (Å²) in [4.78, 5) is 13.3. The molecule has 0 aliphatic carbocycles. The van der Waals surface area contributed by atoms with Gasteiger partial charge in [0.25, 0.3) is 5.56 Å². The molecule has 0 saturated heterocycles. The standard InChI is InChI=1S/C26H22N4OS/c1-2-19-12-14-21(15-13-19)18-32-26-28-27-25-29(17-16-20-8-4-3-5-9-20)24(31)22-10-6-7-11-23(22)30(25)26/h2-15H,1,16-18H2. The average molecular weight is 439 g/mol. The lowest BCUT2D eigenvalue weighted by Gasteiger charge is -2.11. The zero-order chi connectivity index (χ0) is 21.9. The molecule has 0 aliphatic rings. The number of thioether (sulfide) groups is 1. The second kappa shape index (κ2) is 8.85. The van der Waals surface area contributed by atoms with Crippen LogP contribution < -0.4 is 5.56 Å². The summed E-state index contributed by atoms with van der Waals surface area (Å²) < 4.78 is 3.75. The molecule has 2 heterocycles. The monoisotopic (exact) mass is 438 g/mol. The predicted molar refractivity (Wildman–Crippen MR) is 131 cm³/mol. The minimum atomic E-state index is -0.0343. The largest absolute Gasteiger partial charge is 0.276 e. The van der Waals surface area contributed by atoms with Gasteiger partial charge in [0, 0.05) is 12.3 Å². The fourth-order valence-corrected chi connectivity index (χ4v) is 4.71. The van der Waals surface area contributed by atoms with Crippen LogP contribution in [-0.4, -0.2) is 19.2 Å². The molecule has 0 aliphatic heterocycles. The molecule has 6 heteroatoms. The average Bonchev–Trinajstić information content (AvgIpc) is 3.27. The molecule has 5 nitrogen and oxygen atoms in total. The molecule has 0 radical (unpaired) electrons. The molecule has 2 aromatic heterocycles. The maximum atomic E-state index is 13.3. The Labute approximate surface area is 190 Å². The second-order valence-corrected chi connectivity index (χ2v) is 8.50. The van der Waals surface area contributed by atoms with Crippen molar-refractivity contribution in [3.8, 4) is 0 Å². The van der Waals surface area contributed by atoms with Crippen LogP contribution in [0.2, 0.25) is 0 Å². The Morgan fingerprint density at radius 2 is 1.62 bits per heavy atom. The van der Waals surface area contributed by atoms with E-state index >= 15 is 0 Å². The van der Waals surface area contributed by atoms with Crippen LogP contribution in [0.1, 0.15) is 16.7 Å². The van der Waals surface area contributed by atoms with Crippen LogP contribution >= 0.6 is 11.8 Å². The summed E-state index contributed by atoms with van der Waals surface area (Å²) in [7, 11) is 0. The quantitative estimate of drug-likeness (QED) is 0.327. The van der Waals surface area contributed by atoms with Crippen molar-refractivity contribution in [3.63, 3.8) is 0 Å². The molecule has 0 spiro atoms. The van der Waals surface area contributed by atoms with Crippen LogP contribution in [0.25, 0.3) is 22.8 Å². The van der Waals surface area contributed by atoms with E-state index in [1.165, 1.54) is 11.1 Å². The first-order valence-corrected chi connectivity index (χ1v) is 11.5. The van der Waals surface area contributed by atoms with E-state index in [1.807, 2.05) is 52.9 Å². The van der Waals surface area contributed by atoms with Crippen molar-refractivity contribution in [1.82, 2.24) is 19.2 Å². The van der Waals surface area contributed by atoms with Crippen molar-refractivity contribution in [2.24, 2.45) is 0 Å². The SMILES string of the molecule is C=Cc1ccc(CSc2nnc3n(CCc4ccccc4)c(=O)c4ccccc4n23)cc1. The number of hydrogen-bond acceptors (Lipinski definition) is 4. The lowest BCUT2D eigenvalue weighted by atomic mass is 10.1. The van der Waals surface area contributed by atoms with Crippen LogP contribution in [0.4, 0.5) is 0 Å². The van der Waals surface area contributed by atoms with Crippen LogP contribution in [0, 0.1) is 0 Å². The summed E-state index contributed by atoms with van der Waals surface area (Å²) in [6, 6.07) is 26.2. The molecular formula is C26H22N4OS. The molecule has 0 bridgehead atoms. The maximum Gasteiger partial charge on any atom is 0.262 e. The summed E-state index contributed by atoms with van der Waals surface area (Å²) >= 11 is 1.62. The Morgan fingerprint density at radius 3 is 2.41 bits per heavy atom. The number of aryl methyl sites for hydroxylation is 2. The van der Waals surface area contributed by atoms with Gasteiger partial charge in [-0.3, -0.25) is 13.8 Å². The van der Waals surface area contributed by atoms with E-state index in [9.17, 15) is 4.79 Å². The fourth-order valence-electron chi connectivity index (χ4n) is 3.81. The highest BCUT2D eigenvalue weighted by Gasteiger charge is 2.16. The van der Waals surface area contributed by atoms with Gasteiger partial charge in [0.15, 0.2) is 5.16 Å². The predicted octanol–water partition coefficient (Wildman–Crippen LogP) is 5.22. The van der Waals surface area contributed by atoms with Crippen molar-refractivity contribution in [2.45, 2.75) is 23.9 Å². The zero-order valence-electron chi connectivity index (χ0n) is 17.5. The Balaban J connectivity index is 1.54. The van der Waals surface area contributed by atoms with E-state index in [0.717, 1.165) is 28.4 Å². The van der Waals surface area contributed by atoms with Crippen molar-refractivity contribution in [1.29, 1.82) is 0 Å². The number of rotatable bonds is 7. The lowest BCUT2D eigenvalue weighted by Crippen LogP contribution is -2.24. The number of aromatic nitrogens is 4. The summed E-state index contributed by atoms with van der Waals surface area (Å²) in [6.45, 7) is 4.35. The molecule has 158 valence electrons. The van der Waals surface area contributed by atoms with Crippen LogP contribution in [0.15, 0.2) is 95.4 Å². The van der Waals surface area contributed by atoms with Crippen molar-refractivity contribution in [3.05, 3.63) is 112 Å². The minimum Gasteiger partial charge on any atom is -0.276 e. The van der Waals surface area contributed by atoms with Crippen molar-refractivity contribution in [2.75, 3.05) is 0 Å². The molecule has 3 aromatic carbocycles. The highest BCUT2D eigenvalue weighted by molar-refractivity contribution is 7.98. The number of nitrogens with zero attached hydrogens (tertiary/aromatic N) is 4. The number of para-hydroxylation sites is 1. The molecule has 5 rings (SSSR count). The molecule has 0 fully saturated rings. The molecular weight excluding hydrogens is 416 g/mol. The Bertz CT molecular complexity index is 1450. The number of benzene rings is 3. The second-order valence-electron chi connectivity index (χ2n) is 7.56. The van der Waals surface area contributed by atoms with Crippen LogP contribution in [-0.2, 0) is 18.7 Å². The third kappa shape index (κ3) is 3.85. The van der Waals surface area contributed by atoms with Gasteiger partial charge in [-0.1, -0.05) is 91.1 Å². The highest BCUT2D eigenvalue weighted by Crippen LogP contribution is 2.25. The smallest absolute Gasteiger partial charge is 0.262 e. The summed E-state index contributed by atoms with van der Waals surface area (Å²) in [6.07, 6.45) is 2.59. The van der Waals surface area contributed by atoms with Crippen LogP contribution in [0.3, 0.4) is 0 Å². The minimum absolute atomic E-state index is 0.0343. The summed E-state index contributed by atoms with van der Waals surface area (Å²) in [5, 5.41) is 10.3. The lowest BCUT2D eigenvalue weighted by molar-refractivity contribution is 0.677. The van der Waals surface area contributed by atoms with Crippen molar-refractivity contribution >= 4 is 34.5 Å². The topological polar surface area (TPSA) is 52.2 Å². The van der Waals surface area contributed by atoms with E-state index in [-0.39, 0.29) is 5.56 Å². The van der Waals surface area contributed by atoms with Gasteiger partial charge < -0.3 is 0 Å². The Hall–Kier alpha value is -3.64. The molecule has 0 atom stereocenters. The van der Waals surface area contributed by atoms with Gasteiger partial charge in [0.05, 0.1) is 10.9 Å². The van der Waals surface area contributed by atoms with E-state index in [2.05, 4.69) is 53.2 Å². The first kappa shape index (κ1) is 20.3. The summed E-state index contributed by atoms with van der Waals surface area (Å²) in [5.74, 6) is 1.34. The molecule has 0 saturated carbocycles. The van der Waals surface area contributed by atoms with E-state index < -0.39 is 0 Å². The molecule has 0 N–H and O–H groups in total. The van der Waals surface area contributed by atoms with Crippen molar-refractivity contribution < 1.29 is 0 Å². The fraction of sp³-hybridized carbons (Fsp3) is 0.115. The van der Waals surface area contributed by atoms with Gasteiger partial charge in [-0.25, -0.2) is 0 Å². The van der Waals surface area contributed by atoms with E-state index in [4.69, 9.17) is 0 Å². The third-order valence-electron chi connectivity index (χ3n) is 5.53. The first-order valence-electron chi connectivity index (χ1n) is 10.5. The van der Waals surface area contributed by atoms with Gasteiger partial charge in [-0.2, -0.15) is 0 Å². The van der Waals surface area contributed by atoms with Gasteiger partial charge >= 0.3 is 0 Å². The van der Waals surface area contributed by atoms with E-state index in [1.54, 1.807) is 16.3 Å². The normalized spacial score (nSPS) is 11.2. The third-order valence-corrected chi connectivity index (χ3v) is 6.53. The Morgan fingerprint density at radius 1 is 0.875 bits per heavy atom. The molecule has 0 amide bonds. The molecule has 5 aromatic rings. The Kier molecular flexibility index (Phi) is 5.60. The van der Waals surface area contributed by atoms with Gasteiger partial charge in [0.2, 0.25) is 5.78 Å². The van der Waals surface area contributed by atoms with Gasteiger partial charge in [0.1, 0.15) is 0 Å².